The van der Waals surface area contributed by atoms with Gasteiger partial charge in [-0.25, -0.2) is 9.78 Å². The van der Waals surface area contributed by atoms with Crippen molar-refractivity contribution in [1.29, 1.82) is 0 Å². The monoisotopic (exact) mass is 473 g/mol. The zero-order valence-corrected chi connectivity index (χ0v) is 18.9. The number of unbranched alkanes of at least 4 members (excludes halogenated alkanes) is 1. The maximum absolute atomic E-state index is 12.5. The molecule has 160 valence electrons. The van der Waals surface area contributed by atoms with Gasteiger partial charge in [-0.15, -0.1) is 0 Å². The van der Waals surface area contributed by atoms with E-state index in [0.29, 0.717) is 31.7 Å². The first-order valence-electron chi connectivity index (χ1n) is 10.5. The van der Waals surface area contributed by atoms with Gasteiger partial charge in [0.05, 0.1) is 12.2 Å². The highest BCUT2D eigenvalue weighted by molar-refractivity contribution is 9.10. The first kappa shape index (κ1) is 22.3. The van der Waals surface area contributed by atoms with E-state index in [9.17, 15) is 9.59 Å². The van der Waals surface area contributed by atoms with Gasteiger partial charge in [0, 0.05) is 43.3 Å². The summed E-state index contributed by atoms with van der Waals surface area (Å²) in [5, 5.41) is 0. The number of piperazine rings is 1. The lowest BCUT2D eigenvalue weighted by atomic mass is 10.1. The Hall–Kier alpha value is -2.41. The molecule has 3 rings (SSSR count). The van der Waals surface area contributed by atoms with E-state index in [4.69, 9.17) is 4.74 Å². The minimum absolute atomic E-state index is 0.232. The second kappa shape index (κ2) is 11.1. The molecule has 0 spiro atoms. The quantitative estimate of drug-likeness (QED) is 0.426. The lowest BCUT2D eigenvalue weighted by Crippen LogP contribution is -2.49. The van der Waals surface area contributed by atoms with E-state index in [1.54, 1.807) is 19.2 Å². The molecule has 0 radical (unpaired) electrons. The molecule has 0 aliphatic carbocycles. The number of carbonyl (C=O) groups is 2. The van der Waals surface area contributed by atoms with Crippen molar-refractivity contribution in [3.05, 3.63) is 58.2 Å². The molecular formula is C23H28BrN3O3. The van der Waals surface area contributed by atoms with E-state index >= 15 is 0 Å². The molecule has 30 heavy (non-hydrogen) atoms. The lowest BCUT2D eigenvalue weighted by Gasteiger charge is -2.35. The van der Waals surface area contributed by atoms with Crippen LogP contribution in [0.1, 0.15) is 42.1 Å². The van der Waals surface area contributed by atoms with Crippen molar-refractivity contribution < 1.29 is 14.3 Å². The third kappa shape index (κ3) is 6.29. The molecule has 0 N–H and O–H groups in total. The molecule has 1 amide bonds. The molecule has 1 aromatic heterocycles. The Balaban J connectivity index is 1.38. The van der Waals surface area contributed by atoms with Crippen LogP contribution in [0, 0.1) is 0 Å². The van der Waals surface area contributed by atoms with Crippen molar-refractivity contribution >= 4 is 33.6 Å². The van der Waals surface area contributed by atoms with Crippen molar-refractivity contribution in [2.24, 2.45) is 0 Å². The van der Waals surface area contributed by atoms with Crippen LogP contribution >= 0.6 is 15.9 Å². The van der Waals surface area contributed by atoms with Crippen LogP contribution in [0.25, 0.3) is 0 Å². The molecule has 0 atom stereocenters. The van der Waals surface area contributed by atoms with Gasteiger partial charge in [-0.05, 0) is 56.0 Å². The normalized spacial score (nSPS) is 13.9. The highest BCUT2D eigenvalue weighted by Gasteiger charge is 2.21. The highest BCUT2D eigenvalue weighted by atomic mass is 79.9. The number of amides is 1. The van der Waals surface area contributed by atoms with Crippen LogP contribution in [0.2, 0.25) is 0 Å². The van der Waals surface area contributed by atoms with Crippen molar-refractivity contribution in [2.45, 2.75) is 32.6 Å². The van der Waals surface area contributed by atoms with E-state index in [0.717, 1.165) is 42.6 Å². The summed E-state index contributed by atoms with van der Waals surface area (Å²) in [6.07, 6.45) is 5.08. The maximum Gasteiger partial charge on any atom is 0.339 e. The van der Waals surface area contributed by atoms with Crippen LogP contribution < -0.4 is 4.90 Å². The number of aromatic nitrogens is 1. The Morgan fingerprint density at radius 1 is 1.03 bits per heavy atom. The van der Waals surface area contributed by atoms with E-state index < -0.39 is 0 Å². The van der Waals surface area contributed by atoms with Crippen molar-refractivity contribution in [3.63, 3.8) is 0 Å². The Morgan fingerprint density at radius 2 is 1.77 bits per heavy atom. The Morgan fingerprint density at radius 3 is 2.40 bits per heavy atom. The molecule has 0 saturated carbocycles. The molecule has 0 unspecified atom stereocenters. The molecular weight excluding hydrogens is 446 g/mol. The summed E-state index contributed by atoms with van der Waals surface area (Å²) in [6.45, 7) is 5.02. The second-order valence-electron chi connectivity index (χ2n) is 7.33. The van der Waals surface area contributed by atoms with Crippen LogP contribution in [-0.4, -0.2) is 54.5 Å². The maximum atomic E-state index is 12.5. The third-order valence-electron chi connectivity index (χ3n) is 5.23. The summed E-state index contributed by atoms with van der Waals surface area (Å²) in [4.78, 5) is 32.7. The molecule has 2 aromatic rings. The molecule has 1 aliphatic heterocycles. The second-order valence-corrected chi connectivity index (χ2v) is 8.24. The minimum Gasteiger partial charge on any atom is -0.462 e. The van der Waals surface area contributed by atoms with E-state index in [1.165, 1.54) is 5.56 Å². The minimum atomic E-state index is -0.355. The number of rotatable bonds is 8. The Bertz CT molecular complexity index is 832. The largest absolute Gasteiger partial charge is 0.462 e. The number of halogens is 1. The number of benzene rings is 1. The van der Waals surface area contributed by atoms with Gasteiger partial charge in [0.2, 0.25) is 5.91 Å². The number of pyridine rings is 1. The topological polar surface area (TPSA) is 62.7 Å². The third-order valence-corrected chi connectivity index (χ3v) is 5.76. The van der Waals surface area contributed by atoms with Gasteiger partial charge in [-0.1, -0.05) is 28.1 Å². The Labute approximate surface area is 186 Å². The summed E-state index contributed by atoms with van der Waals surface area (Å²) < 4.78 is 6.07. The molecule has 6 nitrogen and oxygen atoms in total. The number of nitrogens with zero attached hydrogens (tertiary/aromatic N) is 3. The zero-order valence-electron chi connectivity index (χ0n) is 17.3. The van der Waals surface area contributed by atoms with Crippen LogP contribution in [-0.2, 0) is 16.0 Å². The predicted molar refractivity (Wildman–Crippen MR) is 121 cm³/mol. The van der Waals surface area contributed by atoms with Crippen LogP contribution in [0.15, 0.2) is 47.1 Å². The molecule has 7 heteroatoms. The number of aryl methyl sites for hydroxylation is 1. The van der Waals surface area contributed by atoms with Gasteiger partial charge in [0.1, 0.15) is 5.82 Å². The standard InChI is InChI=1S/C23H28BrN3O3/c1-2-30-23(29)19-9-12-21(25-17-19)26-13-15-27(16-14-26)22(28)6-4-3-5-18-7-10-20(24)11-8-18/h7-12,17H,2-6,13-16H2,1H3. The van der Waals surface area contributed by atoms with Crippen molar-refractivity contribution in [3.8, 4) is 0 Å². The van der Waals surface area contributed by atoms with Gasteiger partial charge < -0.3 is 14.5 Å². The van der Waals surface area contributed by atoms with Crippen LogP contribution in [0.4, 0.5) is 5.82 Å². The summed E-state index contributed by atoms with van der Waals surface area (Å²) >= 11 is 3.45. The van der Waals surface area contributed by atoms with Gasteiger partial charge in [-0.3, -0.25) is 4.79 Å². The predicted octanol–water partition coefficient (Wildman–Crippen LogP) is 4.08. The number of ether oxygens (including phenoxy) is 1. The number of hydrogen-bond donors (Lipinski definition) is 0. The van der Waals surface area contributed by atoms with Gasteiger partial charge >= 0.3 is 5.97 Å². The van der Waals surface area contributed by atoms with Crippen molar-refractivity contribution in [2.75, 3.05) is 37.7 Å². The number of hydrogen-bond acceptors (Lipinski definition) is 5. The molecule has 1 saturated heterocycles. The number of carbonyl (C=O) groups excluding carboxylic acids is 2. The van der Waals surface area contributed by atoms with Gasteiger partial charge in [0.25, 0.3) is 0 Å². The van der Waals surface area contributed by atoms with Gasteiger partial charge in [0.15, 0.2) is 0 Å². The fourth-order valence-corrected chi connectivity index (χ4v) is 3.77. The van der Waals surface area contributed by atoms with E-state index in [-0.39, 0.29) is 11.9 Å². The summed E-state index contributed by atoms with van der Waals surface area (Å²) in [7, 11) is 0. The van der Waals surface area contributed by atoms with Gasteiger partial charge in [-0.2, -0.15) is 0 Å². The molecule has 1 aromatic carbocycles. The summed E-state index contributed by atoms with van der Waals surface area (Å²) in [5.74, 6) is 0.702. The number of esters is 1. The molecule has 1 fully saturated rings. The fraction of sp³-hybridized carbons (Fsp3) is 0.435. The smallest absolute Gasteiger partial charge is 0.339 e. The Kier molecular flexibility index (Phi) is 8.25. The average molecular weight is 474 g/mol. The summed E-state index contributed by atoms with van der Waals surface area (Å²) in [5.41, 5.74) is 1.76. The highest BCUT2D eigenvalue weighted by Crippen LogP contribution is 2.16. The van der Waals surface area contributed by atoms with Crippen LogP contribution in [0.3, 0.4) is 0 Å². The zero-order chi connectivity index (χ0) is 21.3. The fourth-order valence-electron chi connectivity index (χ4n) is 3.51. The first-order valence-corrected chi connectivity index (χ1v) is 11.3. The SMILES string of the molecule is CCOC(=O)c1ccc(N2CCN(C(=O)CCCCc3ccc(Br)cc3)CC2)nc1. The van der Waals surface area contributed by atoms with Crippen LogP contribution in [0.5, 0.6) is 0 Å². The van der Waals surface area contributed by atoms with E-state index in [1.807, 2.05) is 11.0 Å². The lowest BCUT2D eigenvalue weighted by molar-refractivity contribution is -0.131. The molecule has 2 heterocycles. The first-order chi connectivity index (χ1) is 14.6. The van der Waals surface area contributed by atoms with E-state index in [2.05, 4.69) is 50.1 Å². The number of anilines is 1. The summed E-state index contributed by atoms with van der Waals surface area (Å²) in [6, 6.07) is 11.9. The van der Waals surface area contributed by atoms with Crippen molar-refractivity contribution in [1.82, 2.24) is 9.88 Å². The average Bonchev–Trinajstić information content (AvgIpc) is 2.78. The molecule has 1 aliphatic rings. The molecule has 0 bridgehead atoms.